The van der Waals surface area contributed by atoms with E-state index in [-0.39, 0.29) is 18.3 Å². The van der Waals surface area contributed by atoms with Crippen LogP contribution in [0.3, 0.4) is 0 Å². The van der Waals surface area contributed by atoms with Gasteiger partial charge in [-0.05, 0) is 29.8 Å². The zero-order valence-corrected chi connectivity index (χ0v) is 11.3. The largest absolute Gasteiger partial charge is 0.376 e. The van der Waals surface area contributed by atoms with Crippen molar-refractivity contribution in [2.45, 2.75) is 6.54 Å². The number of rotatable bonds is 5. The van der Waals surface area contributed by atoms with E-state index in [1.54, 1.807) is 24.1 Å². The molecule has 0 saturated heterocycles. The summed E-state index contributed by atoms with van der Waals surface area (Å²) in [6.07, 6.45) is 0. The normalized spacial score (nSPS) is 10.1. The zero-order chi connectivity index (χ0) is 14.4. The second-order valence-corrected chi connectivity index (χ2v) is 4.60. The molecule has 1 amide bonds. The van der Waals surface area contributed by atoms with Gasteiger partial charge in [0.2, 0.25) is 5.91 Å². The number of anilines is 1. The molecular weight excluding hydrogens is 255 g/mol. The molecule has 0 bridgehead atoms. The fraction of sp³-hybridized carbons (Fsp3) is 0.188. The molecule has 2 rings (SSSR count). The maximum atomic E-state index is 13.1. The Hall–Kier alpha value is -2.36. The van der Waals surface area contributed by atoms with Crippen LogP contribution in [0.15, 0.2) is 54.6 Å². The lowest BCUT2D eigenvalue weighted by Gasteiger charge is -2.18. The van der Waals surface area contributed by atoms with E-state index in [1.165, 1.54) is 12.1 Å². The van der Waals surface area contributed by atoms with Crippen molar-refractivity contribution in [2.24, 2.45) is 0 Å². The first-order valence-electron chi connectivity index (χ1n) is 6.42. The van der Waals surface area contributed by atoms with E-state index >= 15 is 0 Å². The summed E-state index contributed by atoms with van der Waals surface area (Å²) in [5.41, 5.74) is 1.68. The molecule has 0 aromatic heterocycles. The number of halogens is 1. The van der Waals surface area contributed by atoms with Gasteiger partial charge in [-0.15, -0.1) is 0 Å². The Bertz CT molecular complexity index is 572. The minimum Gasteiger partial charge on any atom is -0.376 e. The van der Waals surface area contributed by atoms with E-state index in [0.29, 0.717) is 6.54 Å². The van der Waals surface area contributed by atoms with E-state index < -0.39 is 0 Å². The Morgan fingerprint density at radius 1 is 1.15 bits per heavy atom. The molecule has 0 heterocycles. The molecule has 0 fully saturated rings. The molecule has 0 saturated carbocycles. The molecule has 2 aromatic rings. The highest BCUT2D eigenvalue weighted by atomic mass is 19.1. The lowest BCUT2D eigenvalue weighted by atomic mass is 10.2. The monoisotopic (exact) mass is 272 g/mol. The smallest absolute Gasteiger partial charge is 0.241 e. The predicted octanol–water partition coefficient (Wildman–Crippen LogP) is 2.90. The van der Waals surface area contributed by atoms with Crippen molar-refractivity contribution in [2.75, 3.05) is 18.9 Å². The van der Waals surface area contributed by atoms with E-state index in [4.69, 9.17) is 0 Å². The third kappa shape index (κ3) is 4.09. The topological polar surface area (TPSA) is 32.3 Å². The van der Waals surface area contributed by atoms with Crippen LogP contribution in [0.2, 0.25) is 0 Å². The lowest BCUT2D eigenvalue weighted by molar-refractivity contribution is -0.128. The maximum absolute atomic E-state index is 13.1. The Labute approximate surface area is 118 Å². The fourth-order valence-electron chi connectivity index (χ4n) is 1.87. The third-order valence-corrected chi connectivity index (χ3v) is 2.95. The average molecular weight is 272 g/mol. The molecule has 0 unspecified atom stereocenters. The molecule has 0 radical (unpaired) electrons. The number of carbonyl (C=O) groups is 1. The molecule has 104 valence electrons. The number of carbonyl (C=O) groups excluding carboxylic acids is 1. The molecule has 20 heavy (non-hydrogen) atoms. The van der Waals surface area contributed by atoms with Gasteiger partial charge in [-0.2, -0.15) is 0 Å². The van der Waals surface area contributed by atoms with Crippen LogP contribution in [-0.4, -0.2) is 24.4 Å². The molecule has 0 aliphatic carbocycles. The van der Waals surface area contributed by atoms with Crippen molar-refractivity contribution in [1.29, 1.82) is 0 Å². The molecule has 3 nitrogen and oxygen atoms in total. The number of amides is 1. The number of nitrogens with one attached hydrogen (secondary N) is 1. The van der Waals surface area contributed by atoms with Gasteiger partial charge in [0.05, 0.1) is 6.54 Å². The summed E-state index contributed by atoms with van der Waals surface area (Å²) in [5, 5.41) is 3.06. The standard InChI is InChI=1S/C16H17FN2O/c1-19(12-13-6-5-7-14(17)10-13)16(20)11-18-15-8-3-2-4-9-15/h2-10,18H,11-12H2,1H3. The van der Waals surface area contributed by atoms with Crippen LogP contribution in [0.1, 0.15) is 5.56 Å². The summed E-state index contributed by atoms with van der Waals surface area (Å²) in [5.74, 6) is -0.330. The van der Waals surface area contributed by atoms with Crippen molar-refractivity contribution in [1.82, 2.24) is 4.90 Å². The van der Waals surface area contributed by atoms with E-state index in [2.05, 4.69) is 5.32 Å². The van der Waals surface area contributed by atoms with Gasteiger partial charge in [0.15, 0.2) is 0 Å². The summed E-state index contributed by atoms with van der Waals surface area (Å²) in [6, 6.07) is 15.8. The van der Waals surface area contributed by atoms with Crippen molar-refractivity contribution < 1.29 is 9.18 Å². The van der Waals surface area contributed by atoms with Crippen molar-refractivity contribution in [3.8, 4) is 0 Å². The van der Waals surface area contributed by atoms with Crippen molar-refractivity contribution in [3.05, 3.63) is 66.0 Å². The van der Waals surface area contributed by atoms with E-state index in [9.17, 15) is 9.18 Å². The van der Waals surface area contributed by atoms with Crippen molar-refractivity contribution in [3.63, 3.8) is 0 Å². The van der Waals surface area contributed by atoms with Crippen LogP contribution in [0.5, 0.6) is 0 Å². The van der Waals surface area contributed by atoms with Gasteiger partial charge in [-0.3, -0.25) is 4.79 Å². The second-order valence-electron chi connectivity index (χ2n) is 4.60. The molecule has 4 heteroatoms. The number of likely N-dealkylation sites (N-methyl/N-ethyl adjacent to an activating group) is 1. The maximum Gasteiger partial charge on any atom is 0.241 e. The summed E-state index contributed by atoms with van der Waals surface area (Å²) >= 11 is 0. The summed E-state index contributed by atoms with van der Waals surface area (Å²) in [4.78, 5) is 13.5. The Kier molecular flexibility index (Phi) is 4.71. The van der Waals surface area contributed by atoms with Gasteiger partial charge in [-0.25, -0.2) is 4.39 Å². The minimum absolute atomic E-state index is 0.0434. The highest BCUT2D eigenvalue weighted by Crippen LogP contribution is 2.07. The van der Waals surface area contributed by atoms with Gasteiger partial charge in [0, 0.05) is 19.3 Å². The summed E-state index contributed by atoms with van der Waals surface area (Å²) in [6.45, 7) is 0.614. The third-order valence-electron chi connectivity index (χ3n) is 2.95. The van der Waals surface area contributed by atoms with Crippen LogP contribution < -0.4 is 5.32 Å². The number of benzene rings is 2. The van der Waals surface area contributed by atoms with Gasteiger partial charge >= 0.3 is 0 Å². The van der Waals surface area contributed by atoms with E-state index in [0.717, 1.165) is 11.3 Å². The second kappa shape index (κ2) is 6.70. The summed E-state index contributed by atoms with van der Waals surface area (Å²) < 4.78 is 13.1. The molecule has 0 spiro atoms. The van der Waals surface area contributed by atoms with Crippen LogP contribution >= 0.6 is 0 Å². The molecule has 0 aliphatic rings. The lowest BCUT2D eigenvalue weighted by Crippen LogP contribution is -2.31. The quantitative estimate of drug-likeness (QED) is 0.907. The highest BCUT2D eigenvalue weighted by molar-refractivity contribution is 5.80. The van der Waals surface area contributed by atoms with Crippen LogP contribution in [0.25, 0.3) is 0 Å². The van der Waals surface area contributed by atoms with Gasteiger partial charge in [-0.1, -0.05) is 30.3 Å². The van der Waals surface area contributed by atoms with Crippen LogP contribution in [0.4, 0.5) is 10.1 Å². The first kappa shape index (κ1) is 14.1. The molecular formula is C16H17FN2O. The van der Waals surface area contributed by atoms with Crippen LogP contribution in [0, 0.1) is 5.82 Å². The first-order valence-corrected chi connectivity index (χ1v) is 6.42. The Morgan fingerprint density at radius 2 is 1.90 bits per heavy atom. The van der Waals surface area contributed by atoms with Crippen LogP contribution in [-0.2, 0) is 11.3 Å². The molecule has 0 atom stereocenters. The minimum atomic E-state index is -0.286. The SMILES string of the molecule is CN(Cc1cccc(F)c1)C(=O)CNc1ccccc1. The van der Waals surface area contributed by atoms with E-state index in [1.807, 2.05) is 30.3 Å². The molecule has 0 aliphatic heterocycles. The highest BCUT2D eigenvalue weighted by Gasteiger charge is 2.09. The first-order chi connectivity index (χ1) is 9.65. The molecule has 2 aromatic carbocycles. The van der Waals surface area contributed by atoms with Gasteiger partial charge in [0.25, 0.3) is 0 Å². The Balaban J connectivity index is 1.86. The zero-order valence-electron chi connectivity index (χ0n) is 11.3. The summed E-state index contributed by atoms with van der Waals surface area (Å²) in [7, 11) is 1.71. The average Bonchev–Trinajstić information content (AvgIpc) is 2.46. The number of hydrogen-bond acceptors (Lipinski definition) is 2. The number of para-hydroxylation sites is 1. The number of nitrogens with zero attached hydrogens (tertiary/aromatic N) is 1. The Morgan fingerprint density at radius 3 is 2.60 bits per heavy atom. The molecule has 1 N–H and O–H groups in total. The number of hydrogen-bond donors (Lipinski definition) is 1. The predicted molar refractivity (Wildman–Crippen MR) is 77.8 cm³/mol. The van der Waals surface area contributed by atoms with Crippen molar-refractivity contribution >= 4 is 11.6 Å². The fourth-order valence-corrected chi connectivity index (χ4v) is 1.87. The van der Waals surface area contributed by atoms with Gasteiger partial charge in [0.1, 0.15) is 5.82 Å². The van der Waals surface area contributed by atoms with Gasteiger partial charge < -0.3 is 10.2 Å².